The second-order valence-electron chi connectivity index (χ2n) is 4.48. The van der Waals surface area contributed by atoms with Gasteiger partial charge in [0.25, 0.3) is 0 Å². The molecule has 2 N–H and O–H groups in total. The van der Waals surface area contributed by atoms with Crippen LogP contribution in [0.1, 0.15) is 13.8 Å². The molecule has 21 heavy (non-hydrogen) atoms. The van der Waals surface area contributed by atoms with Crippen molar-refractivity contribution in [3.8, 4) is 11.5 Å². The number of hydrogen-bond acceptors (Lipinski definition) is 3. The van der Waals surface area contributed by atoms with Crippen molar-refractivity contribution in [3.63, 3.8) is 0 Å². The summed E-state index contributed by atoms with van der Waals surface area (Å²) >= 11 is 0. The van der Waals surface area contributed by atoms with Crippen LogP contribution < -0.4 is 15.4 Å². The second kappa shape index (κ2) is 6.56. The van der Waals surface area contributed by atoms with Gasteiger partial charge in [-0.2, -0.15) is 0 Å². The van der Waals surface area contributed by atoms with Gasteiger partial charge in [0.15, 0.2) is 5.75 Å². The molecule has 108 valence electrons. The molecule has 5 heteroatoms. The number of rotatable bonds is 4. The molecule has 0 radical (unpaired) electrons. The maximum absolute atomic E-state index is 11.2. The molecular weight excluding hydrogens is 268 g/mol. The molecule has 5 nitrogen and oxygen atoms in total. The van der Waals surface area contributed by atoms with Gasteiger partial charge in [0, 0.05) is 19.5 Å². The van der Waals surface area contributed by atoms with Gasteiger partial charge in [-0.25, -0.2) is 0 Å². The molecule has 0 saturated carbocycles. The van der Waals surface area contributed by atoms with Gasteiger partial charge in [-0.1, -0.05) is 12.1 Å². The number of hydrogen-bond donors (Lipinski definition) is 2. The van der Waals surface area contributed by atoms with Crippen LogP contribution in [0.3, 0.4) is 0 Å². The van der Waals surface area contributed by atoms with Crippen LogP contribution in [0.5, 0.6) is 11.5 Å². The minimum atomic E-state index is -0.160. The zero-order chi connectivity index (χ0) is 15.2. The summed E-state index contributed by atoms with van der Waals surface area (Å²) in [4.78, 5) is 22.1. The Labute approximate surface area is 122 Å². The van der Waals surface area contributed by atoms with Gasteiger partial charge in [-0.05, 0) is 36.4 Å². The number of carbonyl (C=O) groups is 2. The molecule has 2 amide bonds. The van der Waals surface area contributed by atoms with E-state index in [0.29, 0.717) is 22.9 Å². The van der Waals surface area contributed by atoms with Crippen molar-refractivity contribution < 1.29 is 14.3 Å². The first-order valence-corrected chi connectivity index (χ1v) is 6.47. The van der Waals surface area contributed by atoms with Crippen molar-refractivity contribution in [1.29, 1.82) is 0 Å². The van der Waals surface area contributed by atoms with E-state index < -0.39 is 0 Å². The maximum atomic E-state index is 11.2. The number of anilines is 2. The summed E-state index contributed by atoms with van der Waals surface area (Å²) in [6, 6.07) is 14.2. The molecule has 2 aromatic carbocycles. The van der Waals surface area contributed by atoms with Crippen molar-refractivity contribution in [1.82, 2.24) is 0 Å². The van der Waals surface area contributed by atoms with Crippen molar-refractivity contribution in [2.45, 2.75) is 13.8 Å². The SMILES string of the molecule is CC(=O)Nc1ccc(Oc2ccccc2NC(C)=O)cc1. The summed E-state index contributed by atoms with van der Waals surface area (Å²) in [6.45, 7) is 2.90. The Hall–Kier alpha value is -2.82. The molecule has 0 aliphatic rings. The fourth-order valence-corrected chi connectivity index (χ4v) is 1.79. The van der Waals surface area contributed by atoms with Gasteiger partial charge in [0.2, 0.25) is 11.8 Å². The van der Waals surface area contributed by atoms with Crippen molar-refractivity contribution in [2.75, 3.05) is 10.6 Å². The predicted octanol–water partition coefficient (Wildman–Crippen LogP) is 3.40. The highest BCUT2D eigenvalue weighted by molar-refractivity contribution is 5.90. The molecule has 0 aromatic heterocycles. The van der Waals surface area contributed by atoms with Crippen LogP contribution in [0.4, 0.5) is 11.4 Å². The third kappa shape index (κ3) is 4.35. The monoisotopic (exact) mass is 284 g/mol. The van der Waals surface area contributed by atoms with Crippen LogP contribution in [0.2, 0.25) is 0 Å². The highest BCUT2D eigenvalue weighted by atomic mass is 16.5. The van der Waals surface area contributed by atoms with E-state index in [1.807, 2.05) is 12.1 Å². The lowest BCUT2D eigenvalue weighted by Crippen LogP contribution is -2.07. The third-order valence-corrected chi connectivity index (χ3v) is 2.60. The minimum Gasteiger partial charge on any atom is -0.455 e. The Morgan fingerprint density at radius 2 is 1.48 bits per heavy atom. The van der Waals surface area contributed by atoms with E-state index >= 15 is 0 Å². The molecule has 0 atom stereocenters. The zero-order valence-electron chi connectivity index (χ0n) is 11.8. The fourth-order valence-electron chi connectivity index (χ4n) is 1.79. The Bertz CT molecular complexity index is 651. The molecule has 0 unspecified atom stereocenters. The summed E-state index contributed by atoms with van der Waals surface area (Å²) in [6.07, 6.45) is 0. The Morgan fingerprint density at radius 1 is 0.857 bits per heavy atom. The van der Waals surface area contributed by atoms with E-state index in [-0.39, 0.29) is 11.8 Å². The third-order valence-electron chi connectivity index (χ3n) is 2.60. The summed E-state index contributed by atoms with van der Waals surface area (Å²) in [5, 5.41) is 5.39. The lowest BCUT2D eigenvalue weighted by Gasteiger charge is -2.11. The zero-order valence-corrected chi connectivity index (χ0v) is 11.8. The molecule has 0 aliphatic heterocycles. The lowest BCUT2D eigenvalue weighted by molar-refractivity contribution is -0.115. The fraction of sp³-hybridized carbons (Fsp3) is 0.125. The molecule has 0 bridgehead atoms. The molecule has 0 aliphatic carbocycles. The molecule has 2 rings (SSSR count). The number of carbonyl (C=O) groups excluding carboxylic acids is 2. The number of amides is 2. The van der Waals surface area contributed by atoms with Crippen LogP contribution in [-0.2, 0) is 9.59 Å². The van der Waals surface area contributed by atoms with Gasteiger partial charge in [-0.3, -0.25) is 9.59 Å². The van der Waals surface area contributed by atoms with Crippen LogP contribution in [0.15, 0.2) is 48.5 Å². The number of para-hydroxylation sites is 2. The van der Waals surface area contributed by atoms with Crippen LogP contribution in [-0.4, -0.2) is 11.8 Å². The predicted molar refractivity (Wildman–Crippen MR) is 81.6 cm³/mol. The molecule has 0 spiro atoms. The smallest absolute Gasteiger partial charge is 0.221 e. The van der Waals surface area contributed by atoms with E-state index in [1.165, 1.54) is 13.8 Å². The normalized spacial score (nSPS) is 9.81. The first kappa shape index (κ1) is 14.6. The highest BCUT2D eigenvalue weighted by Gasteiger charge is 2.06. The van der Waals surface area contributed by atoms with Gasteiger partial charge in [-0.15, -0.1) is 0 Å². The quantitative estimate of drug-likeness (QED) is 0.904. The van der Waals surface area contributed by atoms with E-state index in [9.17, 15) is 9.59 Å². The highest BCUT2D eigenvalue weighted by Crippen LogP contribution is 2.29. The van der Waals surface area contributed by atoms with E-state index in [2.05, 4.69) is 10.6 Å². The number of benzene rings is 2. The molecule has 0 fully saturated rings. The number of ether oxygens (including phenoxy) is 1. The Morgan fingerprint density at radius 3 is 2.10 bits per heavy atom. The van der Waals surface area contributed by atoms with Crippen LogP contribution in [0, 0.1) is 0 Å². The number of nitrogens with one attached hydrogen (secondary N) is 2. The first-order chi connectivity index (χ1) is 10.0. The summed E-state index contributed by atoms with van der Waals surface area (Å²) < 4.78 is 5.74. The van der Waals surface area contributed by atoms with Gasteiger partial charge in [0.1, 0.15) is 5.75 Å². The van der Waals surface area contributed by atoms with Gasteiger partial charge < -0.3 is 15.4 Å². The Kier molecular flexibility index (Phi) is 4.56. The Balaban J connectivity index is 2.14. The molecule has 0 heterocycles. The second-order valence-corrected chi connectivity index (χ2v) is 4.48. The first-order valence-electron chi connectivity index (χ1n) is 6.47. The average molecular weight is 284 g/mol. The summed E-state index contributed by atoms with van der Waals surface area (Å²) in [7, 11) is 0. The maximum Gasteiger partial charge on any atom is 0.221 e. The molecule has 0 saturated heterocycles. The van der Waals surface area contributed by atoms with E-state index in [4.69, 9.17) is 4.74 Å². The topological polar surface area (TPSA) is 67.4 Å². The molecular formula is C16H16N2O3. The van der Waals surface area contributed by atoms with Crippen molar-refractivity contribution >= 4 is 23.2 Å². The summed E-state index contributed by atoms with van der Waals surface area (Å²) in [5.74, 6) is 0.883. The largest absolute Gasteiger partial charge is 0.455 e. The lowest BCUT2D eigenvalue weighted by atomic mass is 10.2. The van der Waals surface area contributed by atoms with E-state index in [0.717, 1.165) is 0 Å². The van der Waals surface area contributed by atoms with Gasteiger partial charge in [0.05, 0.1) is 5.69 Å². The van der Waals surface area contributed by atoms with Crippen LogP contribution >= 0.6 is 0 Å². The average Bonchev–Trinajstić information content (AvgIpc) is 2.42. The van der Waals surface area contributed by atoms with Crippen molar-refractivity contribution in [2.24, 2.45) is 0 Å². The van der Waals surface area contributed by atoms with Crippen molar-refractivity contribution in [3.05, 3.63) is 48.5 Å². The van der Waals surface area contributed by atoms with Gasteiger partial charge >= 0.3 is 0 Å². The molecule has 2 aromatic rings. The van der Waals surface area contributed by atoms with Crippen LogP contribution in [0.25, 0.3) is 0 Å². The van der Waals surface area contributed by atoms with E-state index in [1.54, 1.807) is 36.4 Å². The minimum absolute atomic E-state index is 0.125. The standard InChI is InChI=1S/C16H16N2O3/c1-11(19)17-13-7-9-14(10-8-13)21-16-6-4-3-5-15(16)18-12(2)20/h3-10H,1-2H3,(H,17,19)(H,18,20). The summed E-state index contributed by atoms with van der Waals surface area (Å²) in [5.41, 5.74) is 1.31.